The average molecular weight is 582 g/mol. The lowest BCUT2D eigenvalue weighted by Gasteiger charge is -2.32. The third kappa shape index (κ3) is 3.26. The van der Waals surface area contributed by atoms with Crippen molar-refractivity contribution in [1.82, 2.24) is 0 Å². The molecule has 0 heterocycles. The number of benzene rings is 7. The maximum atomic E-state index is 3.33. The van der Waals surface area contributed by atoms with Crippen molar-refractivity contribution in [2.45, 2.75) is 5.41 Å². The Morgan fingerprint density at radius 1 is 0.457 bits per heavy atom. The summed E-state index contributed by atoms with van der Waals surface area (Å²) < 4.78 is 0. The molecule has 8 aromatic carbocycles. The second-order valence-electron chi connectivity index (χ2n) is 12.3. The Kier molecular flexibility index (Phi) is 5.19. The van der Waals surface area contributed by atoms with Crippen LogP contribution < -0.4 is 4.90 Å². The van der Waals surface area contributed by atoms with Crippen LogP contribution in [0.5, 0.6) is 0 Å². The number of hydrogen-bond donors (Lipinski definition) is 0. The highest BCUT2D eigenvalue weighted by molar-refractivity contribution is 6.06. The molecule has 212 valence electrons. The molecule has 0 aromatic heterocycles. The quantitative estimate of drug-likeness (QED) is 0.201. The summed E-state index contributed by atoms with van der Waals surface area (Å²) in [4.78, 5) is 2.40. The summed E-state index contributed by atoms with van der Waals surface area (Å²) in [6, 6.07) is 66.5. The van der Waals surface area contributed by atoms with Gasteiger partial charge in [-0.15, -0.1) is 0 Å². The van der Waals surface area contributed by atoms with Crippen LogP contribution in [-0.2, 0) is 5.41 Å². The fourth-order valence-electron chi connectivity index (χ4n) is 8.32. The minimum Gasteiger partial charge on any atom is -0.310 e. The van der Waals surface area contributed by atoms with E-state index in [1.54, 1.807) is 0 Å². The van der Waals surface area contributed by atoms with Crippen LogP contribution in [0.2, 0.25) is 0 Å². The molecule has 1 heteroatoms. The van der Waals surface area contributed by atoms with Gasteiger partial charge in [-0.25, -0.2) is 0 Å². The van der Waals surface area contributed by atoms with Gasteiger partial charge in [0, 0.05) is 22.1 Å². The van der Waals surface area contributed by atoms with Crippen LogP contribution in [0, 0.1) is 12.1 Å². The smallest absolute Gasteiger partial charge is 0.0726 e. The standard InChI is InChI=1S/C45H27N/c1-2-16-32(17-3-1)46(43-24-12-15-30-13-4-6-18-34(30)43)33-26-27-37-36-20-8-10-22-39(36)45(42(37)29-33)40-23-11-9-21-38(40)44-35-19-7-5-14-31(35)25-28-41(44)45/h1-3,5-12,14-29H. The van der Waals surface area contributed by atoms with E-state index >= 15 is 0 Å². The first kappa shape index (κ1) is 25.2. The first-order valence-corrected chi connectivity index (χ1v) is 15.9. The third-order valence-electron chi connectivity index (χ3n) is 10.1. The Morgan fingerprint density at radius 2 is 1.20 bits per heavy atom. The topological polar surface area (TPSA) is 3.24 Å². The summed E-state index contributed by atoms with van der Waals surface area (Å²) >= 11 is 0. The van der Waals surface area contributed by atoms with Gasteiger partial charge in [-0.1, -0.05) is 127 Å². The zero-order chi connectivity index (χ0) is 30.2. The summed E-state index contributed by atoms with van der Waals surface area (Å²) in [5.41, 5.74) is 13.6. The van der Waals surface area contributed by atoms with Crippen molar-refractivity contribution in [2.24, 2.45) is 0 Å². The highest BCUT2D eigenvalue weighted by Crippen LogP contribution is 2.64. The van der Waals surface area contributed by atoms with E-state index in [1.165, 1.54) is 55.3 Å². The van der Waals surface area contributed by atoms with Crippen molar-refractivity contribution < 1.29 is 0 Å². The van der Waals surface area contributed by atoms with E-state index in [0.29, 0.717) is 0 Å². The van der Waals surface area contributed by atoms with Crippen molar-refractivity contribution in [2.75, 3.05) is 4.90 Å². The maximum Gasteiger partial charge on any atom is 0.0726 e. The average Bonchev–Trinajstić information content (AvgIpc) is 3.60. The van der Waals surface area contributed by atoms with E-state index in [-0.39, 0.29) is 0 Å². The number of rotatable bonds is 3. The molecule has 2 aliphatic rings. The summed E-state index contributed by atoms with van der Waals surface area (Å²) in [6.07, 6.45) is 0. The van der Waals surface area contributed by atoms with Gasteiger partial charge in [0.25, 0.3) is 0 Å². The summed E-state index contributed by atoms with van der Waals surface area (Å²) in [7, 11) is 0. The second kappa shape index (κ2) is 9.45. The Balaban J connectivity index is 1.31. The number of para-hydroxylation sites is 1. The molecule has 1 spiro atoms. The van der Waals surface area contributed by atoms with Crippen LogP contribution >= 0.6 is 0 Å². The molecule has 8 aromatic rings. The normalized spacial score (nSPS) is 15.3. The van der Waals surface area contributed by atoms with Crippen LogP contribution in [0.25, 0.3) is 43.8 Å². The lowest BCUT2D eigenvalue weighted by molar-refractivity contribution is 0.794. The second-order valence-corrected chi connectivity index (χ2v) is 12.3. The van der Waals surface area contributed by atoms with Crippen LogP contribution in [-0.4, -0.2) is 0 Å². The molecule has 0 N–H and O–H groups in total. The van der Waals surface area contributed by atoms with E-state index in [2.05, 4.69) is 175 Å². The van der Waals surface area contributed by atoms with Crippen molar-refractivity contribution in [1.29, 1.82) is 0 Å². The zero-order valence-electron chi connectivity index (χ0n) is 25.0. The van der Waals surface area contributed by atoms with E-state index < -0.39 is 5.41 Å². The van der Waals surface area contributed by atoms with Gasteiger partial charge < -0.3 is 4.90 Å². The molecule has 0 fully saturated rings. The van der Waals surface area contributed by atoms with Gasteiger partial charge in [0.2, 0.25) is 0 Å². The van der Waals surface area contributed by atoms with Crippen molar-refractivity contribution in [3.8, 4) is 22.3 Å². The van der Waals surface area contributed by atoms with Gasteiger partial charge >= 0.3 is 0 Å². The minimum atomic E-state index is -0.429. The summed E-state index contributed by atoms with van der Waals surface area (Å²) in [5, 5.41) is 4.78. The molecule has 0 aliphatic heterocycles. The van der Waals surface area contributed by atoms with E-state index in [0.717, 1.165) is 27.8 Å². The van der Waals surface area contributed by atoms with Gasteiger partial charge in [0.15, 0.2) is 0 Å². The number of hydrogen-bond acceptors (Lipinski definition) is 1. The number of fused-ring (bicyclic) bond motifs is 13. The van der Waals surface area contributed by atoms with Gasteiger partial charge in [-0.3, -0.25) is 0 Å². The molecule has 1 unspecified atom stereocenters. The molecule has 0 amide bonds. The Labute approximate surface area is 268 Å². The van der Waals surface area contributed by atoms with Gasteiger partial charge in [0.1, 0.15) is 0 Å². The molecule has 2 aliphatic carbocycles. The lowest BCUT2D eigenvalue weighted by Crippen LogP contribution is -2.26. The third-order valence-corrected chi connectivity index (χ3v) is 10.1. The predicted molar refractivity (Wildman–Crippen MR) is 190 cm³/mol. The molecule has 0 radical (unpaired) electrons. The predicted octanol–water partition coefficient (Wildman–Crippen LogP) is 11.4. The van der Waals surface area contributed by atoms with E-state index in [4.69, 9.17) is 0 Å². The van der Waals surface area contributed by atoms with Gasteiger partial charge in [-0.05, 0) is 104 Å². The van der Waals surface area contributed by atoms with Crippen LogP contribution in [0.3, 0.4) is 0 Å². The molecule has 0 bridgehead atoms. The molecule has 0 saturated heterocycles. The molecular weight excluding hydrogens is 555 g/mol. The Hall–Kier alpha value is -6.10. The molecule has 1 atom stereocenters. The summed E-state index contributed by atoms with van der Waals surface area (Å²) in [6.45, 7) is 0. The van der Waals surface area contributed by atoms with Gasteiger partial charge in [0.05, 0.1) is 11.1 Å². The minimum absolute atomic E-state index is 0.429. The van der Waals surface area contributed by atoms with Crippen LogP contribution in [0.15, 0.2) is 164 Å². The first-order valence-electron chi connectivity index (χ1n) is 15.9. The highest BCUT2D eigenvalue weighted by atomic mass is 15.1. The van der Waals surface area contributed by atoms with E-state index in [9.17, 15) is 0 Å². The van der Waals surface area contributed by atoms with E-state index in [1.807, 2.05) is 6.07 Å². The van der Waals surface area contributed by atoms with Crippen LogP contribution in [0.1, 0.15) is 22.3 Å². The fraction of sp³-hybridized carbons (Fsp3) is 0.0222. The monoisotopic (exact) mass is 581 g/mol. The summed E-state index contributed by atoms with van der Waals surface area (Å²) in [5.74, 6) is 0. The molecule has 10 rings (SSSR count). The lowest BCUT2D eigenvalue weighted by atomic mass is 9.70. The molecule has 1 nitrogen and oxygen atoms in total. The highest BCUT2D eigenvalue weighted by Gasteiger charge is 2.52. The largest absolute Gasteiger partial charge is 0.310 e. The number of anilines is 3. The SMILES string of the molecule is c1ccc2c(N(c3ccccc3)c3ccc4c(c3)C3(c5ccccc5-4)c4ccccc4-c4c3ccc3ccccc43)cccc2c#1. The van der Waals surface area contributed by atoms with Gasteiger partial charge in [-0.2, -0.15) is 0 Å². The fourth-order valence-corrected chi connectivity index (χ4v) is 8.32. The first-order chi connectivity index (χ1) is 22.8. The Morgan fingerprint density at radius 3 is 2.09 bits per heavy atom. The van der Waals surface area contributed by atoms with Crippen LogP contribution in [0.4, 0.5) is 17.1 Å². The van der Waals surface area contributed by atoms with Crippen molar-refractivity contribution in [3.63, 3.8) is 0 Å². The maximum absolute atomic E-state index is 3.33. The zero-order valence-corrected chi connectivity index (χ0v) is 25.0. The van der Waals surface area contributed by atoms with Crippen molar-refractivity contribution >= 4 is 38.6 Å². The van der Waals surface area contributed by atoms with Crippen molar-refractivity contribution in [3.05, 3.63) is 198 Å². The Bertz CT molecular complexity index is 2490. The number of nitrogens with zero attached hydrogens (tertiary/aromatic N) is 1. The molecular formula is C45H27N. The molecule has 0 saturated carbocycles. The molecule has 46 heavy (non-hydrogen) atoms.